The lowest BCUT2D eigenvalue weighted by molar-refractivity contribution is -0.124. The Morgan fingerprint density at radius 3 is 2.64 bits per heavy atom. The molecular formula is C18H26N2O2. The van der Waals surface area contributed by atoms with E-state index < -0.39 is 5.91 Å². The van der Waals surface area contributed by atoms with Gasteiger partial charge in [-0.2, -0.15) is 0 Å². The van der Waals surface area contributed by atoms with Crippen LogP contribution in [0.15, 0.2) is 30.3 Å². The van der Waals surface area contributed by atoms with E-state index in [1.807, 2.05) is 12.1 Å². The molecule has 1 aliphatic carbocycles. The highest BCUT2D eigenvalue weighted by atomic mass is 16.5. The normalized spacial score (nSPS) is 15.2. The molecule has 1 fully saturated rings. The van der Waals surface area contributed by atoms with Gasteiger partial charge in [0.2, 0.25) is 0 Å². The van der Waals surface area contributed by atoms with Gasteiger partial charge in [-0.05, 0) is 48.9 Å². The predicted molar refractivity (Wildman–Crippen MR) is 88.3 cm³/mol. The third-order valence-electron chi connectivity index (χ3n) is 4.20. The molecule has 4 heteroatoms. The fourth-order valence-electron chi connectivity index (χ4n) is 2.79. The molecule has 1 aromatic rings. The first kappa shape index (κ1) is 16.7. The Kier molecular flexibility index (Phi) is 6.62. The number of hydrogen-bond acceptors (Lipinski definition) is 3. The zero-order chi connectivity index (χ0) is 15.8. The van der Waals surface area contributed by atoms with E-state index in [2.05, 4.69) is 24.0 Å². The Hall–Kier alpha value is -1.65. The Bertz CT molecular complexity index is 492. The van der Waals surface area contributed by atoms with E-state index in [1.165, 1.54) is 43.9 Å². The average Bonchev–Trinajstić information content (AvgIpc) is 2.50. The van der Waals surface area contributed by atoms with Gasteiger partial charge in [-0.15, -0.1) is 0 Å². The molecular weight excluding hydrogens is 276 g/mol. The van der Waals surface area contributed by atoms with Gasteiger partial charge in [0.15, 0.2) is 0 Å². The molecule has 1 aliphatic rings. The van der Waals surface area contributed by atoms with Crippen LogP contribution in [-0.2, 0) is 11.3 Å². The molecule has 1 aromatic carbocycles. The van der Waals surface area contributed by atoms with E-state index in [4.69, 9.17) is 5.21 Å². The lowest BCUT2D eigenvalue weighted by atomic mass is 9.85. The topological polar surface area (TPSA) is 52.6 Å². The molecule has 0 saturated heterocycles. The molecule has 1 saturated carbocycles. The van der Waals surface area contributed by atoms with Gasteiger partial charge >= 0.3 is 0 Å². The molecule has 0 atom stereocenters. The number of nitrogens with one attached hydrogen (secondary N) is 1. The number of carbonyl (C=O) groups is 1. The smallest absolute Gasteiger partial charge is 0.267 e. The first-order chi connectivity index (χ1) is 10.7. The maximum atomic E-state index is 11.0. The van der Waals surface area contributed by atoms with Gasteiger partial charge in [-0.3, -0.25) is 14.9 Å². The van der Waals surface area contributed by atoms with Crippen molar-refractivity contribution in [3.05, 3.63) is 41.5 Å². The van der Waals surface area contributed by atoms with Crippen LogP contribution in [0.1, 0.15) is 43.7 Å². The second kappa shape index (κ2) is 8.71. The Morgan fingerprint density at radius 2 is 2.09 bits per heavy atom. The minimum atomic E-state index is -0.515. The van der Waals surface area contributed by atoms with Crippen LogP contribution in [0.25, 0.3) is 6.08 Å². The van der Waals surface area contributed by atoms with Crippen LogP contribution in [0, 0.1) is 5.92 Å². The summed E-state index contributed by atoms with van der Waals surface area (Å²) in [4.78, 5) is 13.5. The summed E-state index contributed by atoms with van der Waals surface area (Å²) in [7, 11) is 0. The maximum Gasteiger partial charge on any atom is 0.267 e. The average molecular weight is 302 g/mol. The van der Waals surface area contributed by atoms with Crippen molar-refractivity contribution in [3.63, 3.8) is 0 Å². The second-order valence-corrected chi connectivity index (χ2v) is 6.08. The number of benzene rings is 1. The molecule has 0 spiro atoms. The second-order valence-electron chi connectivity index (χ2n) is 6.08. The van der Waals surface area contributed by atoms with Crippen molar-refractivity contribution >= 4 is 12.0 Å². The molecule has 2 rings (SSSR count). The fourth-order valence-corrected chi connectivity index (χ4v) is 2.79. The fraction of sp³-hybridized carbons (Fsp3) is 0.500. The van der Waals surface area contributed by atoms with Crippen molar-refractivity contribution in [2.75, 3.05) is 13.1 Å². The van der Waals surface area contributed by atoms with E-state index in [-0.39, 0.29) is 0 Å². The lowest BCUT2D eigenvalue weighted by Gasteiger charge is -2.32. The Labute approximate surface area is 132 Å². The van der Waals surface area contributed by atoms with Crippen LogP contribution in [0.2, 0.25) is 0 Å². The molecule has 0 heterocycles. The van der Waals surface area contributed by atoms with E-state index in [0.717, 1.165) is 24.6 Å². The predicted octanol–water partition coefficient (Wildman–Crippen LogP) is 3.22. The summed E-state index contributed by atoms with van der Waals surface area (Å²) in [5, 5.41) is 8.45. The molecule has 0 aliphatic heterocycles. The van der Waals surface area contributed by atoms with Crippen LogP contribution in [0.3, 0.4) is 0 Å². The van der Waals surface area contributed by atoms with Crippen LogP contribution < -0.4 is 5.48 Å². The molecule has 0 bridgehead atoms. The summed E-state index contributed by atoms with van der Waals surface area (Å²) >= 11 is 0. The van der Waals surface area contributed by atoms with Crippen molar-refractivity contribution < 1.29 is 10.0 Å². The van der Waals surface area contributed by atoms with E-state index >= 15 is 0 Å². The first-order valence-electron chi connectivity index (χ1n) is 8.14. The highest BCUT2D eigenvalue weighted by Crippen LogP contribution is 2.27. The zero-order valence-corrected chi connectivity index (χ0v) is 13.3. The molecule has 0 unspecified atom stereocenters. The zero-order valence-electron chi connectivity index (χ0n) is 13.3. The molecule has 1 amide bonds. The van der Waals surface area contributed by atoms with E-state index in [1.54, 1.807) is 11.6 Å². The summed E-state index contributed by atoms with van der Waals surface area (Å²) < 4.78 is 0. The van der Waals surface area contributed by atoms with Gasteiger partial charge in [0, 0.05) is 19.2 Å². The summed E-state index contributed by atoms with van der Waals surface area (Å²) in [5.41, 5.74) is 3.84. The standard InChI is InChI=1S/C18H26N2O2/c1-2-12-20(13-16-4-3-5-16)14-17-8-6-15(7-9-17)10-11-18(21)19-22/h6-11,16,22H,2-5,12-14H2,1H3,(H,19,21)/b11-10+. The first-order valence-corrected chi connectivity index (χ1v) is 8.14. The number of amides is 1. The van der Waals surface area contributed by atoms with Gasteiger partial charge in [-0.25, -0.2) is 5.48 Å². The minimum Gasteiger partial charge on any atom is -0.299 e. The third-order valence-corrected chi connectivity index (χ3v) is 4.20. The number of hydrogen-bond donors (Lipinski definition) is 2. The lowest BCUT2D eigenvalue weighted by Crippen LogP contribution is -2.32. The van der Waals surface area contributed by atoms with Crippen molar-refractivity contribution in [2.24, 2.45) is 5.92 Å². The number of hydroxylamine groups is 1. The van der Waals surface area contributed by atoms with Gasteiger partial charge in [0.05, 0.1) is 0 Å². The largest absolute Gasteiger partial charge is 0.299 e. The van der Waals surface area contributed by atoms with Crippen molar-refractivity contribution in [1.29, 1.82) is 0 Å². The van der Waals surface area contributed by atoms with Crippen LogP contribution in [-0.4, -0.2) is 29.1 Å². The summed E-state index contributed by atoms with van der Waals surface area (Å²) in [5.74, 6) is 0.379. The molecule has 22 heavy (non-hydrogen) atoms. The monoisotopic (exact) mass is 302 g/mol. The van der Waals surface area contributed by atoms with Crippen LogP contribution in [0.4, 0.5) is 0 Å². The number of carbonyl (C=O) groups excluding carboxylic acids is 1. The number of nitrogens with zero attached hydrogens (tertiary/aromatic N) is 1. The summed E-state index contributed by atoms with van der Waals surface area (Å²) in [6, 6.07) is 8.23. The molecule has 2 N–H and O–H groups in total. The molecule has 0 radical (unpaired) electrons. The highest BCUT2D eigenvalue weighted by Gasteiger charge is 2.20. The van der Waals surface area contributed by atoms with E-state index in [9.17, 15) is 4.79 Å². The van der Waals surface area contributed by atoms with E-state index in [0.29, 0.717) is 0 Å². The van der Waals surface area contributed by atoms with Crippen molar-refractivity contribution in [2.45, 2.75) is 39.2 Å². The van der Waals surface area contributed by atoms with Gasteiger partial charge in [-0.1, -0.05) is 37.6 Å². The summed E-state index contributed by atoms with van der Waals surface area (Å²) in [6.45, 7) is 5.58. The third kappa shape index (κ3) is 5.28. The SMILES string of the molecule is CCCN(Cc1ccc(/C=C/C(=O)NO)cc1)CC1CCC1. The van der Waals surface area contributed by atoms with Gasteiger partial charge < -0.3 is 0 Å². The highest BCUT2D eigenvalue weighted by molar-refractivity contribution is 5.90. The van der Waals surface area contributed by atoms with Gasteiger partial charge in [0.1, 0.15) is 0 Å². The van der Waals surface area contributed by atoms with Gasteiger partial charge in [0.25, 0.3) is 5.91 Å². The maximum absolute atomic E-state index is 11.0. The quantitative estimate of drug-likeness (QED) is 0.440. The van der Waals surface area contributed by atoms with Crippen molar-refractivity contribution in [3.8, 4) is 0 Å². The van der Waals surface area contributed by atoms with Crippen molar-refractivity contribution in [1.82, 2.24) is 10.4 Å². The Balaban J connectivity index is 1.90. The molecule has 120 valence electrons. The Morgan fingerprint density at radius 1 is 1.36 bits per heavy atom. The van der Waals surface area contributed by atoms with Crippen LogP contribution in [0.5, 0.6) is 0 Å². The minimum absolute atomic E-state index is 0.515. The molecule has 0 aromatic heterocycles. The van der Waals surface area contributed by atoms with Crippen LogP contribution >= 0.6 is 0 Å². The number of rotatable bonds is 8. The summed E-state index contributed by atoms with van der Waals surface area (Å²) in [6.07, 6.45) is 8.35. The molecule has 4 nitrogen and oxygen atoms in total.